The monoisotopic (exact) mass is 341 g/mol. The van der Waals surface area contributed by atoms with Crippen molar-refractivity contribution in [3.63, 3.8) is 0 Å². The standard InChI is InChI=1S/C13H9BrClNO3/c14-8-9-4-6-10(7-5-9)19-13-11(15)2-1-3-12(13)16(17)18/h1-7H,8H2. The zero-order chi connectivity index (χ0) is 13.8. The van der Waals surface area contributed by atoms with Gasteiger partial charge in [0.1, 0.15) is 5.75 Å². The molecular formula is C13H9BrClNO3. The topological polar surface area (TPSA) is 52.4 Å². The zero-order valence-corrected chi connectivity index (χ0v) is 12.0. The molecule has 0 aliphatic heterocycles. The Balaban J connectivity index is 2.34. The number of nitro benzene ring substituents is 1. The molecule has 19 heavy (non-hydrogen) atoms. The van der Waals surface area contributed by atoms with Crippen LogP contribution in [0.1, 0.15) is 5.56 Å². The Kier molecular flexibility index (Phi) is 4.39. The van der Waals surface area contributed by atoms with Crippen LogP contribution in [-0.4, -0.2) is 4.92 Å². The Morgan fingerprint density at radius 3 is 2.47 bits per heavy atom. The molecule has 4 nitrogen and oxygen atoms in total. The molecule has 2 rings (SSSR count). The van der Waals surface area contributed by atoms with Gasteiger partial charge >= 0.3 is 5.69 Å². The van der Waals surface area contributed by atoms with E-state index in [1.807, 2.05) is 12.1 Å². The van der Waals surface area contributed by atoms with Crippen LogP contribution in [0.25, 0.3) is 0 Å². The van der Waals surface area contributed by atoms with Gasteiger partial charge in [0.2, 0.25) is 5.75 Å². The molecule has 0 radical (unpaired) electrons. The SMILES string of the molecule is O=[N+]([O-])c1cccc(Cl)c1Oc1ccc(CBr)cc1. The Morgan fingerprint density at radius 2 is 1.89 bits per heavy atom. The molecule has 0 atom stereocenters. The molecule has 0 aliphatic rings. The number of nitro groups is 1. The third kappa shape index (κ3) is 3.24. The lowest BCUT2D eigenvalue weighted by Crippen LogP contribution is -1.94. The van der Waals surface area contributed by atoms with Crippen molar-refractivity contribution in [2.45, 2.75) is 5.33 Å². The quantitative estimate of drug-likeness (QED) is 0.449. The summed E-state index contributed by atoms with van der Waals surface area (Å²) in [4.78, 5) is 10.4. The molecule has 0 fully saturated rings. The molecule has 0 amide bonds. The lowest BCUT2D eigenvalue weighted by atomic mass is 10.2. The van der Waals surface area contributed by atoms with Crippen LogP contribution in [0, 0.1) is 10.1 Å². The molecule has 0 heterocycles. The average molecular weight is 343 g/mol. The number of ether oxygens (including phenoxy) is 1. The highest BCUT2D eigenvalue weighted by molar-refractivity contribution is 9.08. The van der Waals surface area contributed by atoms with Gasteiger partial charge in [0.15, 0.2) is 0 Å². The molecule has 0 spiro atoms. The first-order valence-corrected chi connectivity index (χ1v) is 6.87. The van der Waals surface area contributed by atoms with Crippen molar-refractivity contribution in [1.29, 1.82) is 0 Å². The summed E-state index contributed by atoms with van der Waals surface area (Å²) in [5.41, 5.74) is 0.929. The first kappa shape index (κ1) is 13.8. The summed E-state index contributed by atoms with van der Waals surface area (Å²) < 4.78 is 5.51. The second kappa shape index (κ2) is 6.04. The fourth-order valence-electron chi connectivity index (χ4n) is 1.51. The van der Waals surface area contributed by atoms with Crippen molar-refractivity contribution in [2.75, 3.05) is 0 Å². The average Bonchev–Trinajstić information content (AvgIpc) is 2.41. The highest BCUT2D eigenvalue weighted by atomic mass is 79.9. The minimum atomic E-state index is -0.520. The van der Waals surface area contributed by atoms with E-state index in [2.05, 4.69) is 15.9 Å². The van der Waals surface area contributed by atoms with Gasteiger partial charge in [-0.15, -0.1) is 0 Å². The lowest BCUT2D eigenvalue weighted by Gasteiger charge is -2.08. The van der Waals surface area contributed by atoms with E-state index in [4.69, 9.17) is 16.3 Å². The fourth-order valence-corrected chi connectivity index (χ4v) is 2.09. The number of rotatable bonds is 4. The maximum absolute atomic E-state index is 10.9. The highest BCUT2D eigenvalue weighted by Gasteiger charge is 2.18. The Hall–Kier alpha value is -1.59. The summed E-state index contributed by atoms with van der Waals surface area (Å²) in [6.45, 7) is 0. The van der Waals surface area contributed by atoms with Crippen LogP contribution < -0.4 is 4.74 Å². The van der Waals surface area contributed by atoms with E-state index in [1.165, 1.54) is 12.1 Å². The van der Waals surface area contributed by atoms with E-state index in [0.29, 0.717) is 5.75 Å². The van der Waals surface area contributed by atoms with Gasteiger partial charge in [-0.3, -0.25) is 10.1 Å². The van der Waals surface area contributed by atoms with E-state index in [9.17, 15) is 10.1 Å². The van der Waals surface area contributed by atoms with Crippen molar-refractivity contribution in [3.8, 4) is 11.5 Å². The van der Waals surface area contributed by atoms with Gasteiger partial charge < -0.3 is 4.74 Å². The van der Waals surface area contributed by atoms with Crippen molar-refractivity contribution in [1.82, 2.24) is 0 Å². The summed E-state index contributed by atoms with van der Waals surface area (Å²) >= 11 is 9.28. The van der Waals surface area contributed by atoms with Crippen LogP contribution in [0.15, 0.2) is 42.5 Å². The molecule has 0 saturated heterocycles. The first-order chi connectivity index (χ1) is 9.11. The van der Waals surface area contributed by atoms with Crippen LogP contribution >= 0.6 is 27.5 Å². The minimum Gasteiger partial charge on any atom is -0.449 e. The third-order valence-electron chi connectivity index (χ3n) is 2.44. The summed E-state index contributed by atoms with van der Waals surface area (Å²) in [6.07, 6.45) is 0. The van der Waals surface area contributed by atoms with Crippen LogP contribution in [0.3, 0.4) is 0 Å². The minimum absolute atomic E-state index is 0.0563. The van der Waals surface area contributed by atoms with Gasteiger partial charge in [-0.2, -0.15) is 0 Å². The normalized spacial score (nSPS) is 10.2. The molecule has 2 aromatic carbocycles. The van der Waals surface area contributed by atoms with E-state index in [1.54, 1.807) is 18.2 Å². The Labute approximate surface area is 123 Å². The van der Waals surface area contributed by atoms with Crippen molar-refractivity contribution in [2.24, 2.45) is 0 Å². The smallest absolute Gasteiger partial charge is 0.313 e. The maximum Gasteiger partial charge on any atom is 0.313 e. The Morgan fingerprint density at radius 1 is 1.21 bits per heavy atom. The third-order valence-corrected chi connectivity index (χ3v) is 3.39. The van der Waals surface area contributed by atoms with Crippen LogP contribution in [0.4, 0.5) is 5.69 Å². The predicted octanol–water partition coefficient (Wildman–Crippen LogP) is 4.94. The number of para-hydroxylation sites is 1. The van der Waals surface area contributed by atoms with Gasteiger partial charge in [-0.25, -0.2) is 0 Å². The van der Waals surface area contributed by atoms with Crippen molar-refractivity contribution in [3.05, 3.63) is 63.2 Å². The molecule has 0 saturated carbocycles. The van der Waals surface area contributed by atoms with Crippen LogP contribution in [0.2, 0.25) is 5.02 Å². The lowest BCUT2D eigenvalue weighted by molar-refractivity contribution is -0.385. The van der Waals surface area contributed by atoms with E-state index < -0.39 is 4.92 Å². The number of benzene rings is 2. The summed E-state index contributed by atoms with van der Waals surface area (Å²) in [6, 6.07) is 11.6. The second-order valence-electron chi connectivity index (χ2n) is 3.72. The van der Waals surface area contributed by atoms with Gasteiger partial charge in [0.25, 0.3) is 0 Å². The molecule has 0 unspecified atom stereocenters. The number of halogens is 2. The number of hydrogen-bond donors (Lipinski definition) is 0. The van der Waals surface area contributed by atoms with Crippen molar-refractivity contribution >= 4 is 33.2 Å². The molecule has 2 aromatic rings. The summed E-state index contributed by atoms with van der Waals surface area (Å²) in [5.74, 6) is 0.557. The Bertz CT molecular complexity index is 601. The molecule has 0 aliphatic carbocycles. The van der Waals surface area contributed by atoms with Gasteiger partial charge in [0.05, 0.1) is 9.95 Å². The van der Waals surface area contributed by atoms with Crippen LogP contribution in [0.5, 0.6) is 11.5 Å². The van der Waals surface area contributed by atoms with E-state index >= 15 is 0 Å². The maximum atomic E-state index is 10.9. The number of nitrogens with zero attached hydrogens (tertiary/aromatic N) is 1. The van der Waals surface area contributed by atoms with E-state index in [0.717, 1.165) is 10.9 Å². The van der Waals surface area contributed by atoms with Gasteiger partial charge in [-0.05, 0) is 23.8 Å². The molecular weight excluding hydrogens is 334 g/mol. The highest BCUT2D eigenvalue weighted by Crippen LogP contribution is 2.37. The molecule has 98 valence electrons. The van der Waals surface area contributed by atoms with E-state index in [-0.39, 0.29) is 16.5 Å². The fraction of sp³-hybridized carbons (Fsp3) is 0.0769. The molecule has 0 aromatic heterocycles. The molecule has 0 N–H and O–H groups in total. The first-order valence-electron chi connectivity index (χ1n) is 5.37. The summed E-state index contributed by atoms with van der Waals surface area (Å²) in [7, 11) is 0. The van der Waals surface area contributed by atoms with Crippen molar-refractivity contribution < 1.29 is 9.66 Å². The zero-order valence-electron chi connectivity index (χ0n) is 9.68. The second-order valence-corrected chi connectivity index (χ2v) is 4.69. The summed E-state index contributed by atoms with van der Waals surface area (Å²) in [5, 5.41) is 11.9. The molecule has 6 heteroatoms. The number of hydrogen-bond acceptors (Lipinski definition) is 3. The predicted molar refractivity (Wildman–Crippen MR) is 77.3 cm³/mol. The van der Waals surface area contributed by atoms with Gasteiger partial charge in [-0.1, -0.05) is 45.7 Å². The largest absolute Gasteiger partial charge is 0.449 e. The van der Waals surface area contributed by atoms with Gasteiger partial charge in [0, 0.05) is 11.4 Å². The number of alkyl halides is 1. The van der Waals surface area contributed by atoms with Crippen LogP contribution in [-0.2, 0) is 5.33 Å². The molecule has 0 bridgehead atoms.